The van der Waals surface area contributed by atoms with Crippen LogP contribution in [0.25, 0.3) is 0 Å². The van der Waals surface area contributed by atoms with Crippen LogP contribution in [0.4, 0.5) is 0 Å². The molecule has 1 N–H and O–H groups in total. The maximum atomic E-state index is 5.86. The van der Waals surface area contributed by atoms with Crippen LogP contribution < -0.4 is 5.32 Å². The van der Waals surface area contributed by atoms with Crippen LogP contribution in [0, 0.1) is 0 Å². The number of ether oxygens (including phenoxy) is 1. The summed E-state index contributed by atoms with van der Waals surface area (Å²) in [7, 11) is 0. The molecular weight excluding hydrogens is 194 g/mol. The van der Waals surface area contributed by atoms with E-state index in [0.29, 0.717) is 23.5 Å². The predicted octanol–water partition coefficient (Wildman–Crippen LogP) is 2.04. The molecule has 0 spiro atoms. The molecule has 14 heavy (non-hydrogen) atoms. The van der Waals surface area contributed by atoms with Crippen LogP contribution in [-0.2, 0) is 4.74 Å². The summed E-state index contributed by atoms with van der Waals surface area (Å²) in [5, 5.41) is 4.44. The molecular formula is C11H21NOS. The number of fused-ring (bicyclic) bond motifs is 1. The summed E-state index contributed by atoms with van der Waals surface area (Å²) in [6.07, 6.45) is 3.27. The van der Waals surface area contributed by atoms with Crippen molar-refractivity contribution in [3.05, 3.63) is 0 Å². The smallest absolute Gasteiger partial charge is 0.0684 e. The topological polar surface area (TPSA) is 21.3 Å². The molecule has 2 heterocycles. The van der Waals surface area contributed by atoms with Crippen LogP contribution in [0.1, 0.15) is 33.6 Å². The van der Waals surface area contributed by atoms with Crippen molar-refractivity contribution in [3.63, 3.8) is 0 Å². The lowest BCUT2D eigenvalue weighted by Gasteiger charge is -2.45. The zero-order valence-corrected chi connectivity index (χ0v) is 10.1. The van der Waals surface area contributed by atoms with E-state index in [0.717, 1.165) is 6.04 Å². The molecule has 0 radical (unpaired) electrons. The van der Waals surface area contributed by atoms with Gasteiger partial charge in [-0.2, -0.15) is 11.8 Å². The van der Waals surface area contributed by atoms with Crippen molar-refractivity contribution in [1.82, 2.24) is 5.32 Å². The van der Waals surface area contributed by atoms with E-state index in [1.807, 2.05) is 0 Å². The Morgan fingerprint density at radius 2 is 2.21 bits per heavy atom. The molecule has 0 saturated carbocycles. The highest BCUT2D eigenvalue weighted by Crippen LogP contribution is 2.33. The highest BCUT2D eigenvalue weighted by atomic mass is 32.2. The molecule has 2 fully saturated rings. The molecule has 5 unspecified atom stereocenters. The molecule has 0 aromatic heterocycles. The van der Waals surface area contributed by atoms with Crippen molar-refractivity contribution in [3.8, 4) is 0 Å². The summed E-state index contributed by atoms with van der Waals surface area (Å²) in [5.74, 6) is 1.25. The van der Waals surface area contributed by atoms with Crippen LogP contribution in [0.15, 0.2) is 0 Å². The third-order valence-electron chi connectivity index (χ3n) is 3.32. The van der Waals surface area contributed by atoms with Crippen LogP contribution in [0.5, 0.6) is 0 Å². The summed E-state index contributed by atoms with van der Waals surface area (Å²) >= 11 is 2.10. The lowest BCUT2D eigenvalue weighted by Crippen LogP contribution is -2.57. The number of hydrogen-bond acceptors (Lipinski definition) is 3. The van der Waals surface area contributed by atoms with Crippen LogP contribution in [-0.4, -0.2) is 35.3 Å². The second kappa shape index (κ2) is 4.42. The first-order chi connectivity index (χ1) is 6.70. The maximum absolute atomic E-state index is 5.86. The number of rotatable bonds is 1. The van der Waals surface area contributed by atoms with E-state index in [9.17, 15) is 0 Å². The molecule has 0 aromatic carbocycles. The molecule has 2 aliphatic heterocycles. The van der Waals surface area contributed by atoms with Gasteiger partial charge < -0.3 is 10.1 Å². The van der Waals surface area contributed by atoms with E-state index in [1.54, 1.807) is 0 Å². The van der Waals surface area contributed by atoms with Gasteiger partial charge in [0, 0.05) is 23.1 Å². The fourth-order valence-electron chi connectivity index (χ4n) is 2.55. The quantitative estimate of drug-likeness (QED) is 0.723. The Morgan fingerprint density at radius 3 is 2.93 bits per heavy atom. The Kier molecular flexibility index (Phi) is 3.40. The lowest BCUT2D eigenvalue weighted by atomic mass is 9.97. The molecule has 0 bridgehead atoms. The number of thioether (sulfide) groups is 1. The average molecular weight is 215 g/mol. The van der Waals surface area contributed by atoms with E-state index >= 15 is 0 Å². The first-order valence-electron chi connectivity index (χ1n) is 5.73. The zero-order valence-electron chi connectivity index (χ0n) is 9.32. The minimum absolute atomic E-state index is 0.416. The minimum Gasteiger partial charge on any atom is -0.374 e. The second-order valence-corrected chi connectivity index (χ2v) is 5.77. The molecule has 5 atom stereocenters. The Hall–Kier alpha value is 0.270. The third-order valence-corrected chi connectivity index (χ3v) is 5.02. The molecule has 0 aliphatic carbocycles. The van der Waals surface area contributed by atoms with Gasteiger partial charge in [-0.1, -0.05) is 6.92 Å². The maximum Gasteiger partial charge on any atom is 0.0684 e. The molecule has 2 nitrogen and oxygen atoms in total. The molecule has 2 saturated heterocycles. The molecule has 2 aliphatic rings. The third kappa shape index (κ3) is 2.10. The van der Waals surface area contributed by atoms with E-state index in [-0.39, 0.29) is 0 Å². The van der Waals surface area contributed by atoms with Gasteiger partial charge in [0.05, 0.1) is 12.2 Å². The monoisotopic (exact) mass is 215 g/mol. The summed E-state index contributed by atoms with van der Waals surface area (Å²) in [6.45, 7) is 6.67. The van der Waals surface area contributed by atoms with Gasteiger partial charge in [0.1, 0.15) is 0 Å². The van der Waals surface area contributed by atoms with E-state index in [4.69, 9.17) is 4.74 Å². The summed E-state index contributed by atoms with van der Waals surface area (Å²) in [5.41, 5.74) is 0. The summed E-state index contributed by atoms with van der Waals surface area (Å²) < 4.78 is 5.86. The highest BCUT2D eigenvalue weighted by molar-refractivity contribution is 8.00. The van der Waals surface area contributed by atoms with Crippen molar-refractivity contribution in [2.24, 2.45) is 0 Å². The fourth-order valence-corrected chi connectivity index (χ4v) is 4.09. The predicted molar refractivity (Wildman–Crippen MR) is 61.9 cm³/mol. The SMILES string of the molecule is CCC1CSC2C(CC(C)OC2C)N1. The Balaban J connectivity index is 1.99. The van der Waals surface area contributed by atoms with Crippen LogP contribution in [0.2, 0.25) is 0 Å². The van der Waals surface area contributed by atoms with Gasteiger partial charge in [-0.25, -0.2) is 0 Å². The van der Waals surface area contributed by atoms with Crippen molar-refractivity contribution in [2.75, 3.05) is 5.75 Å². The largest absolute Gasteiger partial charge is 0.374 e. The molecule has 3 heteroatoms. The van der Waals surface area contributed by atoms with Gasteiger partial charge in [0.15, 0.2) is 0 Å². The van der Waals surface area contributed by atoms with Gasteiger partial charge >= 0.3 is 0 Å². The summed E-state index contributed by atoms with van der Waals surface area (Å²) in [4.78, 5) is 0. The van der Waals surface area contributed by atoms with Crippen molar-refractivity contribution >= 4 is 11.8 Å². The molecule has 82 valence electrons. The first kappa shape index (κ1) is 10.8. The van der Waals surface area contributed by atoms with E-state index < -0.39 is 0 Å². The normalized spacial score (nSPS) is 48.6. The van der Waals surface area contributed by atoms with Gasteiger partial charge in [-0.3, -0.25) is 0 Å². The van der Waals surface area contributed by atoms with Crippen LogP contribution in [0.3, 0.4) is 0 Å². The first-order valence-corrected chi connectivity index (χ1v) is 6.78. The Bertz CT molecular complexity index is 200. The molecule has 0 aromatic rings. The second-order valence-electron chi connectivity index (χ2n) is 4.56. The average Bonchev–Trinajstić information content (AvgIpc) is 2.16. The van der Waals surface area contributed by atoms with Gasteiger partial charge in [-0.05, 0) is 26.7 Å². The standard InChI is InChI=1S/C11H21NOS/c1-4-9-6-14-11-8(3)13-7(2)5-10(11)12-9/h7-12H,4-6H2,1-3H3. The van der Waals surface area contributed by atoms with Gasteiger partial charge in [0.2, 0.25) is 0 Å². The Labute approximate surface area is 91.2 Å². The lowest BCUT2D eigenvalue weighted by molar-refractivity contribution is -0.0399. The molecule has 0 amide bonds. The fraction of sp³-hybridized carbons (Fsp3) is 1.00. The number of nitrogens with one attached hydrogen (secondary N) is 1. The van der Waals surface area contributed by atoms with Crippen LogP contribution >= 0.6 is 11.8 Å². The highest BCUT2D eigenvalue weighted by Gasteiger charge is 2.38. The van der Waals surface area contributed by atoms with Gasteiger partial charge in [-0.15, -0.1) is 0 Å². The van der Waals surface area contributed by atoms with Crippen molar-refractivity contribution in [1.29, 1.82) is 0 Å². The summed E-state index contributed by atoms with van der Waals surface area (Å²) in [6, 6.07) is 1.40. The minimum atomic E-state index is 0.416. The van der Waals surface area contributed by atoms with Gasteiger partial charge in [0.25, 0.3) is 0 Å². The van der Waals surface area contributed by atoms with Crippen molar-refractivity contribution in [2.45, 2.75) is 63.2 Å². The number of hydrogen-bond donors (Lipinski definition) is 1. The van der Waals surface area contributed by atoms with E-state index in [2.05, 4.69) is 37.8 Å². The van der Waals surface area contributed by atoms with Crippen molar-refractivity contribution < 1.29 is 4.74 Å². The Morgan fingerprint density at radius 1 is 1.43 bits per heavy atom. The molecule has 2 rings (SSSR count). The van der Waals surface area contributed by atoms with E-state index in [1.165, 1.54) is 18.6 Å². The zero-order chi connectivity index (χ0) is 10.1.